The van der Waals surface area contributed by atoms with Gasteiger partial charge in [0.25, 0.3) is 0 Å². The third-order valence-corrected chi connectivity index (χ3v) is 4.89. The van der Waals surface area contributed by atoms with Gasteiger partial charge in [0.05, 0.1) is 18.6 Å². The van der Waals surface area contributed by atoms with Crippen LogP contribution in [-0.2, 0) is 17.9 Å². The van der Waals surface area contributed by atoms with Crippen molar-refractivity contribution < 1.29 is 4.79 Å². The van der Waals surface area contributed by atoms with Gasteiger partial charge in [-0.3, -0.25) is 9.48 Å². The van der Waals surface area contributed by atoms with Crippen LogP contribution in [0.15, 0.2) is 91.7 Å². The molecular weight excluding hydrogens is 386 g/mol. The maximum absolute atomic E-state index is 12.3. The van der Waals surface area contributed by atoms with Gasteiger partial charge in [-0.2, -0.15) is 5.10 Å². The van der Waals surface area contributed by atoms with Crippen molar-refractivity contribution in [3.05, 3.63) is 103 Å². The van der Waals surface area contributed by atoms with E-state index in [0.717, 1.165) is 29.8 Å². The van der Waals surface area contributed by atoms with Crippen molar-refractivity contribution >= 4 is 12.0 Å². The number of aryl methyl sites for hydroxylation is 1. The first-order valence-electron chi connectivity index (χ1n) is 10.4. The molecule has 2 aromatic carbocycles. The van der Waals surface area contributed by atoms with Gasteiger partial charge >= 0.3 is 0 Å². The highest BCUT2D eigenvalue weighted by atomic mass is 16.1. The van der Waals surface area contributed by atoms with E-state index in [0.29, 0.717) is 13.1 Å². The zero-order chi connectivity index (χ0) is 21.3. The number of hydrogen-bond donors (Lipinski definition) is 1. The number of carbonyl (C=O) groups excluding carboxylic acids is 1. The lowest BCUT2D eigenvalue weighted by Crippen LogP contribution is -2.22. The Hall–Kier alpha value is -3.93. The smallest absolute Gasteiger partial charge is 0.244 e. The lowest BCUT2D eigenvalue weighted by atomic mass is 10.1. The summed E-state index contributed by atoms with van der Waals surface area (Å²) in [6.45, 7) is 2.11. The van der Waals surface area contributed by atoms with Crippen molar-refractivity contribution in [1.82, 2.24) is 24.6 Å². The third-order valence-electron chi connectivity index (χ3n) is 4.89. The summed E-state index contributed by atoms with van der Waals surface area (Å²) >= 11 is 0. The van der Waals surface area contributed by atoms with Gasteiger partial charge in [-0.15, -0.1) is 0 Å². The van der Waals surface area contributed by atoms with Crippen molar-refractivity contribution in [3.63, 3.8) is 0 Å². The van der Waals surface area contributed by atoms with Crippen LogP contribution < -0.4 is 5.32 Å². The number of nitrogens with one attached hydrogen (secondary N) is 1. The van der Waals surface area contributed by atoms with Crippen LogP contribution in [0.3, 0.4) is 0 Å². The highest BCUT2D eigenvalue weighted by molar-refractivity contribution is 5.92. The summed E-state index contributed by atoms with van der Waals surface area (Å²) in [5.41, 5.74) is 3.97. The second-order valence-corrected chi connectivity index (χ2v) is 7.26. The van der Waals surface area contributed by atoms with E-state index in [9.17, 15) is 4.79 Å². The topological polar surface area (TPSA) is 64.7 Å². The summed E-state index contributed by atoms with van der Waals surface area (Å²) in [5, 5.41) is 7.72. The summed E-state index contributed by atoms with van der Waals surface area (Å²) < 4.78 is 3.91. The highest BCUT2D eigenvalue weighted by Gasteiger charge is 2.10. The number of imidazole rings is 1. The van der Waals surface area contributed by atoms with Crippen LogP contribution >= 0.6 is 0 Å². The first-order chi connectivity index (χ1) is 15.3. The van der Waals surface area contributed by atoms with Gasteiger partial charge in [0.15, 0.2) is 0 Å². The molecule has 0 saturated carbocycles. The molecule has 2 heterocycles. The predicted molar refractivity (Wildman–Crippen MR) is 122 cm³/mol. The Morgan fingerprint density at radius 1 is 1.03 bits per heavy atom. The van der Waals surface area contributed by atoms with Crippen LogP contribution in [0.25, 0.3) is 17.3 Å². The van der Waals surface area contributed by atoms with Crippen LogP contribution in [0.5, 0.6) is 0 Å². The highest BCUT2D eigenvalue weighted by Crippen LogP contribution is 2.23. The van der Waals surface area contributed by atoms with Crippen molar-refractivity contribution in [2.45, 2.75) is 19.5 Å². The van der Waals surface area contributed by atoms with Gasteiger partial charge in [-0.05, 0) is 18.1 Å². The lowest BCUT2D eigenvalue weighted by Gasteiger charge is -2.03. The van der Waals surface area contributed by atoms with Crippen molar-refractivity contribution in [2.75, 3.05) is 6.54 Å². The number of rotatable bonds is 9. The Balaban J connectivity index is 1.43. The van der Waals surface area contributed by atoms with Gasteiger partial charge in [-0.1, -0.05) is 60.7 Å². The zero-order valence-electron chi connectivity index (χ0n) is 17.3. The molecule has 0 radical (unpaired) electrons. The largest absolute Gasteiger partial charge is 0.352 e. The van der Waals surface area contributed by atoms with E-state index in [1.165, 1.54) is 5.56 Å². The maximum Gasteiger partial charge on any atom is 0.244 e. The van der Waals surface area contributed by atoms with Crippen molar-refractivity contribution in [2.24, 2.45) is 0 Å². The lowest BCUT2D eigenvalue weighted by molar-refractivity contribution is -0.116. The normalized spacial score (nSPS) is 11.1. The average Bonchev–Trinajstić information content (AvgIpc) is 3.47. The number of aromatic nitrogens is 4. The van der Waals surface area contributed by atoms with Crippen LogP contribution in [-0.4, -0.2) is 31.8 Å². The quantitative estimate of drug-likeness (QED) is 0.334. The van der Waals surface area contributed by atoms with Crippen molar-refractivity contribution in [3.8, 4) is 11.3 Å². The number of carbonyl (C=O) groups is 1. The fourth-order valence-corrected chi connectivity index (χ4v) is 3.35. The number of amides is 1. The molecule has 4 aromatic rings. The second-order valence-electron chi connectivity index (χ2n) is 7.26. The minimum atomic E-state index is -0.111. The number of hydrogen-bond acceptors (Lipinski definition) is 3. The molecule has 0 aliphatic heterocycles. The fourth-order valence-electron chi connectivity index (χ4n) is 3.35. The Morgan fingerprint density at radius 3 is 2.55 bits per heavy atom. The molecular formula is C25H25N5O. The molecule has 0 aliphatic carbocycles. The summed E-state index contributed by atoms with van der Waals surface area (Å²) in [5.74, 6) is -0.111. The maximum atomic E-state index is 12.3. The van der Waals surface area contributed by atoms with Gasteiger partial charge in [0.1, 0.15) is 0 Å². The third kappa shape index (κ3) is 5.79. The van der Waals surface area contributed by atoms with Crippen LogP contribution in [0.4, 0.5) is 0 Å². The molecule has 0 saturated heterocycles. The van der Waals surface area contributed by atoms with Crippen LogP contribution in [0, 0.1) is 0 Å². The molecule has 0 bridgehead atoms. The molecule has 0 aliphatic rings. The molecule has 1 N–H and O–H groups in total. The summed E-state index contributed by atoms with van der Waals surface area (Å²) in [6, 6.07) is 20.2. The Morgan fingerprint density at radius 2 is 1.81 bits per heavy atom. The number of nitrogens with zero attached hydrogens (tertiary/aromatic N) is 4. The van der Waals surface area contributed by atoms with E-state index >= 15 is 0 Å². The van der Waals surface area contributed by atoms with E-state index in [-0.39, 0.29) is 5.91 Å². The molecule has 0 spiro atoms. The minimum absolute atomic E-state index is 0.111. The average molecular weight is 412 g/mol. The predicted octanol–water partition coefficient (Wildman–Crippen LogP) is 4.01. The van der Waals surface area contributed by atoms with Crippen molar-refractivity contribution in [1.29, 1.82) is 0 Å². The van der Waals surface area contributed by atoms with E-state index in [2.05, 4.69) is 22.4 Å². The zero-order valence-corrected chi connectivity index (χ0v) is 17.3. The molecule has 6 nitrogen and oxygen atoms in total. The van der Waals surface area contributed by atoms with Crippen LogP contribution in [0.1, 0.15) is 17.5 Å². The number of benzene rings is 2. The molecule has 156 valence electrons. The molecule has 1 amide bonds. The molecule has 4 rings (SSSR count). The van der Waals surface area contributed by atoms with Gasteiger partial charge in [0, 0.05) is 48.9 Å². The first kappa shape index (κ1) is 20.3. The molecule has 2 aromatic heterocycles. The van der Waals surface area contributed by atoms with Crippen LogP contribution in [0.2, 0.25) is 0 Å². The van der Waals surface area contributed by atoms with E-state index in [4.69, 9.17) is 5.10 Å². The molecule has 0 unspecified atom stereocenters. The Labute approximate surface area is 181 Å². The molecule has 0 atom stereocenters. The van der Waals surface area contributed by atoms with E-state index < -0.39 is 0 Å². The molecule has 6 heteroatoms. The Kier molecular flexibility index (Phi) is 6.70. The SMILES string of the molecule is O=C(C=Cc1cn(Cc2ccccc2)nc1-c1ccccc1)NCCCn1ccnc1. The molecule has 0 fully saturated rings. The van der Waals surface area contributed by atoms with Gasteiger partial charge < -0.3 is 9.88 Å². The summed E-state index contributed by atoms with van der Waals surface area (Å²) in [7, 11) is 0. The van der Waals surface area contributed by atoms with Gasteiger partial charge in [0.2, 0.25) is 5.91 Å². The summed E-state index contributed by atoms with van der Waals surface area (Å²) in [6.07, 6.45) is 11.7. The van der Waals surface area contributed by atoms with E-state index in [1.807, 2.05) is 76.2 Å². The fraction of sp³-hybridized carbons (Fsp3) is 0.160. The standard InChI is InChI=1S/C25H25N5O/c31-24(27-14-7-16-29-17-15-26-20-29)13-12-23-19-30(18-21-8-3-1-4-9-21)28-25(23)22-10-5-2-6-11-22/h1-6,8-13,15,17,19-20H,7,14,16,18H2,(H,27,31). The first-order valence-corrected chi connectivity index (χ1v) is 10.4. The second kappa shape index (κ2) is 10.2. The minimum Gasteiger partial charge on any atom is -0.352 e. The molecule has 31 heavy (non-hydrogen) atoms. The Bertz CT molecular complexity index is 1120. The summed E-state index contributed by atoms with van der Waals surface area (Å²) in [4.78, 5) is 16.3. The van der Waals surface area contributed by atoms with E-state index in [1.54, 1.807) is 18.6 Å². The van der Waals surface area contributed by atoms with Gasteiger partial charge in [-0.25, -0.2) is 4.98 Å². The monoisotopic (exact) mass is 411 g/mol.